The van der Waals surface area contributed by atoms with Crippen molar-refractivity contribution in [2.45, 2.75) is 65.3 Å². The lowest BCUT2D eigenvalue weighted by atomic mass is 9.89. The number of likely N-dealkylation sites (tertiary alicyclic amines) is 1. The van der Waals surface area contributed by atoms with Crippen molar-refractivity contribution in [1.82, 2.24) is 4.90 Å². The molecule has 2 heterocycles. The third-order valence-corrected chi connectivity index (χ3v) is 5.16. The molecule has 142 valence electrons. The second-order valence-corrected chi connectivity index (χ2v) is 8.35. The first kappa shape index (κ1) is 20.0. The Labute approximate surface area is 151 Å². The minimum atomic E-state index is -0.469. The number of amides is 1. The van der Waals surface area contributed by atoms with Gasteiger partial charge in [0.15, 0.2) is 0 Å². The number of aliphatic imine (C=N–C) groups is 1. The molecule has 0 aliphatic carbocycles. The highest BCUT2D eigenvalue weighted by atomic mass is 16.5. The largest absolute Gasteiger partial charge is 0.387 e. The number of ketones is 1. The predicted octanol–water partition coefficient (Wildman–Crippen LogP) is 2.16. The number of hydrogen-bond acceptors (Lipinski definition) is 4. The maximum atomic E-state index is 12.6. The number of piperidine rings is 1. The van der Waals surface area contributed by atoms with E-state index in [-0.39, 0.29) is 30.0 Å². The van der Waals surface area contributed by atoms with Gasteiger partial charge in [0.2, 0.25) is 0 Å². The summed E-state index contributed by atoms with van der Waals surface area (Å²) in [6, 6.07) is -0.195. The Bertz CT molecular complexity index is 505. The zero-order chi connectivity index (χ0) is 18.4. The van der Waals surface area contributed by atoms with Gasteiger partial charge in [-0.3, -0.25) is 14.5 Å². The Morgan fingerprint density at radius 1 is 1.16 bits per heavy atom. The zero-order valence-electron chi connectivity index (χ0n) is 15.9. The van der Waals surface area contributed by atoms with E-state index in [9.17, 15) is 9.59 Å². The molecule has 1 atom stereocenters. The van der Waals surface area contributed by atoms with Crippen LogP contribution in [0, 0.1) is 11.3 Å². The van der Waals surface area contributed by atoms with Gasteiger partial charge >= 0.3 is 0 Å². The third kappa shape index (κ3) is 6.19. The van der Waals surface area contributed by atoms with E-state index < -0.39 is 5.41 Å². The molecule has 1 unspecified atom stereocenters. The molecule has 25 heavy (non-hydrogen) atoms. The van der Waals surface area contributed by atoms with Crippen LogP contribution in [0.1, 0.15) is 59.3 Å². The SMILES string of the molecule is CC(C)(C)C(=O)CC(N)=NC(=O)C1CCCCN1CC1CCOCC1. The number of Topliss-reactive ketones (excluding diaryl/α,β-unsaturated/α-hetero) is 1. The van der Waals surface area contributed by atoms with E-state index in [4.69, 9.17) is 10.5 Å². The van der Waals surface area contributed by atoms with Gasteiger partial charge < -0.3 is 10.5 Å². The molecule has 6 nitrogen and oxygen atoms in total. The first-order valence-corrected chi connectivity index (χ1v) is 9.49. The number of ether oxygens (including phenoxy) is 1. The van der Waals surface area contributed by atoms with Crippen molar-refractivity contribution in [3.05, 3.63) is 0 Å². The van der Waals surface area contributed by atoms with Crippen LogP contribution in [-0.2, 0) is 14.3 Å². The molecule has 0 aromatic heterocycles. The van der Waals surface area contributed by atoms with Crippen LogP contribution in [0.5, 0.6) is 0 Å². The van der Waals surface area contributed by atoms with Crippen molar-refractivity contribution in [3.63, 3.8) is 0 Å². The molecule has 0 radical (unpaired) electrons. The molecule has 0 spiro atoms. The molecular formula is C19H33N3O3. The molecule has 2 N–H and O–H groups in total. The van der Waals surface area contributed by atoms with Gasteiger partial charge in [0.25, 0.3) is 5.91 Å². The highest BCUT2D eigenvalue weighted by molar-refractivity contribution is 6.06. The van der Waals surface area contributed by atoms with E-state index in [2.05, 4.69) is 9.89 Å². The molecule has 2 rings (SSSR count). The van der Waals surface area contributed by atoms with E-state index in [0.717, 1.165) is 58.4 Å². The van der Waals surface area contributed by atoms with E-state index in [1.165, 1.54) is 0 Å². The molecule has 0 aromatic rings. The van der Waals surface area contributed by atoms with E-state index in [1.54, 1.807) is 0 Å². The summed E-state index contributed by atoms with van der Waals surface area (Å²) in [6.45, 7) is 9.04. The Morgan fingerprint density at radius 3 is 2.48 bits per heavy atom. The van der Waals surface area contributed by atoms with Crippen molar-refractivity contribution in [2.75, 3.05) is 26.3 Å². The van der Waals surface area contributed by atoms with E-state index in [0.29, 0.717) is 5.92 Å². The number of hydrogen-bond donors (Lipinski definition) is 1. The monoisotopic (exact) mass is 351 g/mol. The molecular weight excluding hydrogens is 318 g/mol. The molecule has 2 aliphatic heterocycles. The van der Waals surface area contributed by atoms with Crippen LogP contribution in [0.4, 0.5) is 0 Å². The van der Waals surface area contributed by atoms with Crippen LogP contribution in [0.15, 0.2) is 4.99 Å². The Hall–Kier alpha value is -1.27. The average molecular weight is 351 g/mol. The van der Waals surface area contributed by atoms with Gasteiger partial charge in [0, 0.05) is 25.2 Å². The highest BCUT2D eigenvalue weighted by Crippen LogP contribution is 2.23. The minimum Gasteiger partial charge on any atom is -0.387 e. The number of nitrogens with two attached hydrogens (primary N) is 1. The van der Waals surface area contributed by atoms with E-state index in [1.807, 2.05) is 20.8 Å². The molecule has 0 aromatic carbocycles. The van der Waals surface area contributed by atoms with Crippen LogP contribution in [-0.4, -0.2) is 54.8 Å². The standard InChI is InChI=1S/C19H33N3O3/c1-19(2,3)16(23)12-17(20)21-18(24)15-6-4-5-9-22(15)13-14-7-10-25-11-8-14/h14-15H,4-13H2,1-3H3,(H2,20,21,24). The van der Waals surface area contributed by atoms with Crippen molar-refractivity contribution in [2.24, 2.45) is 22.1 Å². The topological polar surface area (TPSA) is 85.0 Å². The minimum absolute atomic E-state index is 0.00394. The summed E-state index contributed by atoms with van der Waals surface area (Å²) in [4.78, 5) is 31.0. The fraction of sp³-hybridized carbons (Fsp3) is 0.842. The van der Waals surface area contributed by atoms with Gasteiger partial charge in [0.05, 0.1) is 12.5 Å². The van der Waals surface area contributed by atoms with Gasteiger partial charge in [-0.15, -0.1) is 0 Å². The summed E-state index contributed by atoms with van der Waals surface area (Å²) in [5, 5.41) is 0. The van der Waals surface area contributed by atoms with Gasteiger partial charge in [-0.2, -0.15) is 4.99 Å². The third-order valence-electron chi connectivity index (χ3n) is 5.16. The number of nitrogens with zero attached hydrogens (tertiary/aromatic N) is 2. The second kappa shape index (κ2) is 8.90. The number of carbonyl (C=O) groups is 2. The smallest absolute Gasteiger partial charge is 0.264 e. The summed E-state index contributed by atoms with van der Waals surface area (Å²) < 4.78 is 5.42. The van der Waals surface area contributed by atoms with E-state index >= 15 is 0 Å². The lowest BCUT2D eigenvalue weighted by Crippen LogP contribution is -2.47. The molecule has 6 heteroatoms. The molecule has 2 fully saturated rings. The maximum Gasteiger partial charge on any atom is 0.264 e. The van der Waals surface area contributed by atoms with Crippen LogP contribution in [0.3, 0.4) is 0 Å². The van der Waals surface area contributed by atoms with Gasteiger partial charge in [-0.25, -0.2) is 0 Å². The summed E-state index contributed by atoms with van der Waals surface area (Å²) in [5.41, 5.74) is 5.41. The maximum absolute atomic E-state index is 12.6. The van der Waals surface area contributed by atoms with Gasteiger partial charge in [-0.05, 0) is 38.1 Å². The van der Waals surface area contributed by atoms with Crippen molar-refractivity contribution in [3.8, 4) is 0 Å². The lowest BCUT2D eigenvalue weighted by Gasteiger charge is -2.37. The molecule has 0 bridgehead atoms. The Balaban J connectivity index is 1.96. The number of amidine groups is 1. The van der Waals surface area contributed by atoms with Crippen LogP contribution >= 0.6 is 0 Å². The lowest BCUT2D eigenvalue weighted by molar-refractivity contribution is -0.125. The van der Waals surface area contributed by atoms with Crippen LogP contribution in [0.2, 0.25) is 0 Å². The van der Waals surface area contributed by atoms with Crippen molar-refractivity contribution < 1.29 is 14.3 Å². The summed E-state index contributed by atoms with van der Waals surface area (Å²) in [7, 11) is 0. The Kier molecular flexibility index (Phi) is 7.14. The first-order chi connectivity index (χ1) is 11.8. The summed E-state index contributed by atoms with van der Waals surface area (Å²) >= 11 is 0. The normalized spacial score (nSPS) is 24.3. The van der Waals surface area contributed by atoms with Gasteiger partial charge in [-0.1, -0.05) is 27.2 Å². The fourth-order valence-corrected chi connectivity index (χ4v) is 3.44. The van der Waals surface area contributed by atoms with Gasteiger partial charge in [0.1, 0.15) is 11.6 Å². The average Bonchev–Trinajstić information content (AvgIpc) is 2.55. The molecule has 2 saturated heterocycles. The second-order valence-electron chi connectivity index (χ2n) is 8.35. The molecule has 1 amide bonds. The number of carbonyl (C=O) groups excluding carboxylic acids is 2. The van der Waals surface area contributed by atoms with Crippen molar-refractivity contribution >= 4 is 17.5 Å². The molecule has 0 saturated carbocycles. The molecule has 2 aliphatic rings. The highest BCUT2D eigenvalue weighted by Gasteiger charge is 2.31. The summed E-state index contributed by atoms with van der Waals surface area (Å²) in [6.07, 6.45) is 5.14. The quantitative estimate of drug-likeness (QED) is 0.606. The van der Waals surface area contributed by atoms with Crippen molar-refractivity contribution in [1.29, 1.82) is 0 Å². The summed E-state index contributed by atoms with van der Waals surface area (Å²) in [5.74, 6) is 0.544. The number of rotatable bonds is 5. The van der Waals surface area contributed by atoms with Crippen LogP contribution in [0.25, 0.3) is 0 Å². The van der Waals surface area contributed by atoms with Crippen LogP contribution < -0.4 is 5.73 Å². The predicted molar refractivity (Wildman–Crippen MR) is 98.5 cm³/mol. The fourth-order valence-electron chi connectivity index (χ4n) is 3.44. The first-order valence-electron chi connectivity index (χ1n) is 9.49. The Morgan fingerprint density at radius 2 is 1.84 bits per heavy atom. The zero-order valence-corrected chi connectivity index (χ0v) is 15.9.